The van der Waals surface area contributed by atoms with Gasteiger partial charge in [-0.15, -0.1) is 10.2 Å². The van der Waals surface area contributed by atoms with Crippen molar-refractivity contribution in [3.05, 3.63) is 59.8 Å². The summed E-state index contributed by atoms with van der Waals surface area (Å²) in [6.45, 7) is 1.79. The molecule has 0 saturated heterocycles. The van der Waals surface area contributed by atoms with Gasteiger partial charge in [0.25, 0.3) is 0 Å². The highest BCUT2D eigenvalue weighted by molar-refractivity contribution is 5.49. The number of phenols is 1. The Balaban J connectivity index is 1.64. The molecule has 144 valence electrons. The summed E-state index contributed by atoms with van der Waals surface area (Å²) in [5.74, 6) is 0.673. The van der Waals surface area contributed by atoms with Crippen LogP contribution in [0.15, 0.2) is 42.7 Å². The molecule has 0 bridgehead atoms. The second-order valence-electron chi connectivity index (χ2n) is 6.30. The molecule has 0 unspecified atom stereocenters. The van der Waals surface area contributed by atoms with Crippen LogP contribution in [-0.2, 0) is 6.42 Å². The Labute approximate surface area is 159 Å². The highest BCUT2D eigenvalue weighted by Gasteiger charge is 2.14. The van der Waals surface area contributed by atoms with Crippen LogP contribution >= 0.6 is 0 Å². The lowest BCUT2D eigenvalue weighted by atomic mass is 10.1. The molecule has 0 aliphatic heterocycles. The van der Waals surface area contributed by atoms with E-state index in [4.69, 9.17) is 5.11 Å². The number of rotatable bonds is 6. The van der Waals surface area contributed by atoms with Gasteiger partial charge in [-0.2, -0.15) is 4.52 Å². The minimum absolute atomic E-state index is 0.00447. The SMILES string of the molecule is C[C@@H](Nc1ccc2ncc(-n3cc(CCO)nn3)n2n1)c1cc(F)ccc1O. The Morgan fingerprint density at radius 1 is 1.25 bits per heavy atom. The van der Waals surface area contributed by atoms with Gasteiger partial charge in [0.15, 0.2) is 11.5 Å². The van der Waals surface area contributed by atoms with Crippen molar-refractivity contribution in [1.29, 1.82) is 0 Å². The van der Waals surface area contributed by atoms with Crippen molar-refractivity contribution in [3.63, 3.8) is 0 Å². The van der Waals surface area contributed by atoms with Gasteiger partial charge in [0.1, 0.15) is 17.4 Å². The average Bonchev–Trinajstić information content (AvgIpc) is 3.30. The Morgan fingerprint density at radius 3 is 2.93 bits per heavy atom. The average molecular weight is 383 g/mol. The molecule has 0 fully saturated rings. The van der Waals surface area contributed by atoms with Gasteiger partial charge < -0.3 is 15.5 Å². The molecule has 3 heterocycles. The fraction of sp³-hybridized carbons (Fsp3) is 0.222. The first-order valence-corrected chi connectivity index (χ1v) is 8.67. The van der Waals surface area contributed by atoms with Gasteiger partial charge >= 0.3 is 0 Å². The molecular formula is C18H18FN7O2. The largest absolute Gasteiger partial charge is 0.508 e. The van der Waals surface area contributed by atoms with E-state index in [1.165, 1.54) is 22.9 Å². The number of aliphatic hydroxyl groups excluding tert-OH is 1. The van der Waals surface area contributed by atoms with Crippen molar-refractivity contribution in [2.45, 2.75) is 19.4 Å². The molecule has 9 nitrogen and oxygen atoms in total. The van der Waals surface area contributed by atoms with Crippen LogP contribution < -0.4 is 5.32 Å². The van der Waals surface area contributed by atoms with Gasteiger partial charge in [-0.25, -0.2) is 14.1 Å². The predicted octanol–water partition coefficient (Wildman–Crippen LogP) is 1.86. The third-order valence-corrected chi connectivity index (χ3v) is 4.31. The molecule has 4 aromatic rings. The molecule has 0 spiro atoms. The normalized spacial score (nSPS) is 12.4. The summed E-state index contributed by atoms with van der Waals surface area (Å²) >= 11 is 0. The van der Waals surface area contributed by atoms with Crippen LogP contribution in [0, 0.1) is 5.82 Å². The number of fused-ring (bicyclic) bond motifs is 1. The van der Waals surface area contributed by atoms with E-state index in [1.54, 1.807) is 36.0 Å². The standard InChI is InChI=1S/C18H18FN7O2/c1-11(14-8-12(19)2-3-15(14)28)21-16-4-5-17-20-9-18(26(17)23-16)25-10-13(6-7-27)22-24-25/h2-5,8-11,27-28H,6-7H2,1H3,(H,21,23)/t11-/m1/s1. The molecule has 3 aromatic heterocycles. The number of phenolic OH excluding ortho intramolecular Hbond substituents is 1. The molecule has 0 amide bonds. The summed E-state index contributed by atoms with van der Waals surface area (Å²) < 4.78 is 16.6. The van der Waals surface area contributed by atoms with E-state index < -0.39 is 5.82 Å². The highest BCUT2D eigenvalue weighted by atomic mass is 19.1. The fourth-order valence-electron chi connectivity index (χ4n) is 2.91. The summed E-state index contributed by atoms with van der Waals surface area (Å²) in [7, 11) is 0. The quantitative estimate of drug-likeness (QED) is 0.466. The molecule has 0 aliphatic rings. The number of aromatic hydroxyl groups is 1. The first kappa shape index (κ1) is 17.9. The van der Waals surface area contributed by atoms with Crippen molar-refractivity contribution in [2.24, 2.45) is 0 Å². The first-order valence-electron chi connectivity index (χ1n) is 8.67. The Bertz CT molecular complexity index is 1120. The van der Waals surface area contributed by atoms with Crippen molar-refractivity contribution >= 4 is 11.5 Å². The Morgan fingerprint density at radius 2 is 2.11 bits per heavy atom. The summed E-state index contributed by atoms with van der Waals surface area (Å²) in [5.41, 5.74) is 1.70. The van der Waals surface area contributed by atoms with E-state index in [1.807, 2.05) is 0 Å². The minimum atomic E-state index is -0.424. The van der Waals surface area contributed by atoms with Crippen molar-refractivity contribution in [1.82, 2.24) is 29.6 Å². The number of benzene rings is 1. The second kappa shape index (κ2) is 7.24. The molecule has 0 aliphatic carbocycles. The molecule has 10 heteroatoms. The maximum absolute atomic E-state index is 13.5. The highest BCUT2D eigenvalue weighted by Crippen LogP contribution is 2.27. The van der Waals surface area contributed by atoms with E-state index in [0.29, 0.717) is 35.0 Å². The molecule has 0 radical (unpaired) electrons. The summed E-state index contributed by atoms with van der Waals surface area (Å²) in [5, 5.41) is 34.7. The van der Waals surface area contributed by atoms with E-state index in [0.717, 1.165) is 0 Å². The van der Waals surface area contributed by atoms with E-state index in [2.05, 4.69) is 25.7 Å². The van der Waals surface area contributed by atoms with E-state index in [-0.39, 0.29) is 18.4 Å². The van der Waals surface area contributed by atoms with Crippen molar-refractivity contribution in [3.8, 4) is 11.6 Å². The van der Waals surface area contributed by atoms with Crippen molar-refractivity contribution < 1.29 is 14.6 Å². The Kier molecular flexibility index (Phi) is 4.62. The summed E-state index contributed by atoms with van der Waals surface area (Å²) in [6, 6.07) is 6.96. The van der Waals surface area contributed by atoms with Gasteiger partial charge in [-0.05, 0) is 37.3 Å². The maximum atomic E-state index is 13.5. The third-order valence-electron chi connectivity index (χ3n) is 4.31. The number of hydrogen-bond donors (Lipinski definition) is 3. The topological polar surface area (TPSA) is 113 Å². The van der Waals surface area contributed by atoms with Crippen LogP contribution in [0.1, 0.15) is 24.2 Å². The zero-order chi connectivity index (χ0) is 19.7. The van der Waals surface area contributed by atoms with Crippen LogP contribution in [0.5, 0.6) is 5.75 Å². The number of hydrogen-bond acceptors (Lipinski definition) is 7. The zero-order valence-corrected chi connectivity index (χ0v) is 15.0. The molecule has 3 N–H and O–H groups in total. The number of nitrogens with one attached hydrogen (secondary N) is 1. The number of anilines is 1. The molecule has 1 atom stereocenters. The van der Waals surface area contributed by atoms with E-state index >= 15 is 0 Å². The molecule has 0 saturated carbocycles. The lowest BCUT2D eigenvalue weighted by molar-refractivity contribution is 0.298. The van der Waals surface area contributed by atoms with Gasteiger partial charge in [0.05, 0.1) is 24.1 Å². The Hall–Kier alpha value is -3.53. The van der Waals surface area contributed by atoms with Crippen LogP contribution in [0.2, 0.25) is 0 Å². The number of nitrogens with zero attached hydrogens (tertiary/aromatic N) is 6. The second-order valence-corrected chi connectivity index (χ2v) is 6.30. The zero-order valence-electron chi connectivity index (χ0n) is 15.0. The molecular weight excluding hydrogens is 365 g/mol. The number of aromatic nitrogens is 6. The number of aliphatic hydroxyl groups is 1. The first-order chi connectivity index (χ1) is 13.5. The van der Waals surface area contributed by atoms with E-state index in [9.17, 15) is 9.50 Å². The van der Waals surface area contributed by atoms with Crippen LogP contribution in [0.4, 0.5) is 10.2 Å². The summed E-state index contributed by atoms with van der Waals surface area (Å²) in [6.07, 6.45) is 3.73. The minimum Gasteiger partial charge on any atom is -0.508 e. The molecule has 1 aromatic carbocycles. The van der Waals surface area contributed by atoms with Crippen LogP contribution in [0.25, 0.3) is 11.5 Å². The monoisotopic (exact) mass is 383 g/mol. The van der Waals surface area contributed by atoms with Gasteiger partial charge in [0.2, 0.25) is 0 Å². The van der Waals surface area contributed by atoms with Gasteiger partial charge in [0, 0.05) is 18.6 Å². The van der Waals surface area contributed by atoms with Crippen molar-refractivity contribution in [2.75, 3.05) is 11.9 Å². The van der Waals surface area contributed by atoms with Crippen LogP contribution in [0.3, 0.4) is 0 Å². The fourth-order valence-corrected chi connectivity index (χ4v) is 2.91. The number of imidazole rings is 1. The predicted molar refractivity (Wildman–Crippen MR) is 98.8 cm³/mol. The molecule has 4 rings (SSSR count). The smallest absolute Gasteiger partial charge is 0.177 e. The van der Waals surface area contributed by atoms with Gasteiger partial charge in [-0.1, -0.05) is 5.21 Å². The lowest BCUT2D eigenvalue weighted by Gasteiger charge is -2.16. The van der Waals surface area contributed by atoms with Gasteiger partial charge in [-0.3, -0.25) is 0 Å². The number of halogens is 1. The third kappa shape index (κ3) is 3.37. The molecule has 28 heavy (non-hydrogen) atoms. The summed E-state index contributed by atoms with van der Waals surface area (Å²) in [4.78, 5) is 4.30. The lowest BCUT2D eigenvalue weighted by Crippen LogP contribution is -2.11. The maximum Gasteiger partial charge on any atom is 0.177 e. The van der Waals surface area contributed by atoms with Crippen LogP contribution in [-0.4, -0.2) is 46.4 Å².